The van der Waals surface area contributed by atoms with E-state index >= 15 is 0 Å². The molecule has 1 fully saturated rings. The lowest BCUT2D eigenvalue weighted by Crippen LogP contribution is -2.53. The van der Waals surface area contributed by atoms with E-state index in [1.807, 2.05) is 0 Å². The Morgan fingerprint density at radius 2 is 1.50 bits per heavy atom. The molecule has 0 atom stereocenters. The zero-order valence-electron chi connectivity index (χ0n) is 14.9. The summed E-state index contributed by atoms with van der Waals surface area (Å²) in [6.07, 6.45) is 0. The summed E-state index contributed by atoms with van der Waals surface area (Å²) in [7, 11) is 0. The summed E-state index contributed by atoms with van der Waals surface area (Å²) in [5, 5.41) is 1.83. The second-order valence-corrected chi connectivity index (χ2v) is 7.88. The van der Waals surface area contributed by atoms with Gasteiger partial charge in [0.2, 0.25) is 0 Å². The van der Waals surface area contributed by atoms with Crippen LogP contribution in [0.2, 0.25) is 15.1 Å². The number of benzene rings is 2. The Kier molecular flexibility index (Phi) is 6.96. The molecule has 3 rings (SSSR count). The highest BCUT2D eigenvalue weighted by molar-refractivity contribution is 7.80. The minimum atomic E-state index is -1.66. The monoisotopic (exact) mass is 499 g/mol. The van der Waals surface area contributed by atoms with E-state index in [4.69, 9.17) is 47.0 Å². The predicted octanol–water partition coefficient (Wildman–Crippen LogP) is 5.04. The normalized spacial score (nSPS) is 14.1. The fourth-order valence-electron chi connectivity index (χ4n) is 2.92. The maximum atomic E-state index is 14.1. The molecule has 0 aliphatic carbocycles. The summed E-state index contributed by atoms with van der Waals surface area (Å²) in [5.74, 6) is -7.03. The van der Waals surface area contributed by atoms with Crippen LogP contribution in [0.1, 0.15) is 10.4 Å². The summed E-state index contributed by atoms with van der Waals surface area (Å²) in [6, 6.07) is 4.38. The SMILES string of the molecule is O=C(NC(=S)N1CCN(c2c(F)c(F)c(Cl)c(F)c2F)CC1)c1cc(Cl)ccc1Cl. The number of thiocarbonyl (C=S) groups is 1. The van der Waals surface area contributed by atoms with Gasteiger partial charge in [0.15, 0.2) is 28.4 Å². The summed E-state index contributed by atoms with van der Waals surface area (Å²) in [5.41, 5.74) is -0.712. The highest BCUT2D eigenvalue weighted by Crippen LogP contribution is 2.34. The molecule has 1 N–H and O–H groups in total. The largest absolute Gasteiger partial charge is 0.363 e. The quantitative estimate of drug-likeness (QED) is 0.271. The Hall–Kier alpha value is -1.81. The molecule has 1 heterocycles. The van der Waals surface area contributed by atoms with Gasteiger partial charge in [-0.25, -0.2) is 17.6 Å². The van der Waals surface area contributed by atoms with Crippen molar-refractivity contribution in [3.63, 3.8) is 0 Å². The van der Waals surface area contributed by atoms with Crippen LogP contribution in [0.25, 0.3) is 0 Å². The predicted molar refractivity (Wildman–Crippen MR) is 112 cm³/mol. The number of carbonyl (C=O) groups is 1. The Morgan fingerprint density at radius 1 is 0.933 bits per heavy atom. The molecule has 0 saturated carbocycles. The van der Waals surface area contributed by atoms with E-state index in [0.29, 0.717) is 5.02 Å². The molecule has 1 amide bonds. The van der Waals surface area contributed by atoms with Gasteiger partial charge in [0.1, 0.15) is 10.7 Å². The summed E-state index contributed by atoms with van der Waals surface area (Å²) in [6.45, 7) is 0.241. The minimum Gasteiger partial charge on any atom is -0.363 e. The lowest BCUT2D eigenvalue weighted by atomic mass is 10.2. The molecule has 0 bridgehead atoms. The number of rotatable bonds is 2. The number of anilines is 1. The molecule has 2 aromatic rings. The fourth-order valence-corrected chi connectivity index (χ4v) is 3.74. The molecule has 1 saturated heterocycles. The number of nitrogens with zero attached hydrogens (tertiary/aromatic N) is 2. The number of hydrogen-bond acceptors (Lipinski definition) is 3. The second kappa shape index (κ2) is 9.13. The minimum absolute atomic E-state index is 0.0116. The van der Waals surface area contributed by atoms with Crippen molar-refractivity contribution in [1.82, 2.24) is 10.2 Å². The highest BCUT2D eigenvalue weighted by atomic mass is 35.5. The molecule has 30 heavy (non-hydrogen) atoms. The zero-order valence-corrected chi connectivity index (χ0v) is 18.0. The van der Waals surface area contributed by atoms with Crippen molar-refractivity contribution in [1.29, 1.82) is 0 Å². The fraction of sp³-hybridized carbons (Fsp3) is 0.222. The van der Waals surface area contributed by atoms with Crippen molar-refractivity contribution < 1.29 is 22.4 Å². The van der Waals surface area contributed by atoms with Gasteiger partial charge in [-0.1, -0.05) is 34.8 Å². The lowest BCUT2D eigenvalue weighted by molar-refractivity contribution is 0.0973. The van der Waals surface area contributed by atoms with Crippen LogP contribution in [0.4, 0.5) is 23.2 Å². The van der Waals surface area contributed by atoms with E-state index in [1.54, 1.807) is 4.90 Å². The summed E-state index contributed by atoms with van der Waals surface area (Å²) >= 11 is 22.3. The number of halogens is 7. The van der Waals surface area contributed by atoms with E-state index in [2.05, 4.69) is 5.32 Å². The Labute approximate surface area is 189 Å². The lowest BCUT2D eigenvalue weighted by Gasteiger charge is -2.37. The maximum Gasteiger partial charge on any atom is 0.258 e. The summed E-state index contributed by atoms with van der Waals surface area (Å²) < 4.78 is 55.7. The second-order valence-electron chi connectivity index (χ2n) is 6.28. The van der Waals surface area contributed by atoms with Crippen LogP contribution < -0.4 is 10.2 Å². The first-order valence-corrected chi connectivity index (χ1v) is 9.97. The molecule has 1 aliphatic rings. The first-order chi connectivity index (χ1) is 14.1. The van der Waals surface area contributed by atoms with Gasteiger partial charge < -0.3 is 9.80 Å². The number of nitrogens with one attached hydrogen (secondary N) is 1. The van der Waals surface area contributed by atoms with Crippen molar-refractivity contribution in [2.75, 3.05) is 31.1 Å². The van der Waals surface area contributed by atoms with Gasteiger partial charge in [0, 0.05) is 31.2 Å². The average Bonchev–Trinajstić information content (AvgIpc) is 2.73. The van der Waals surface area contributed by atoms with Gasteiger partial charge in [-0.15, -0.1) is 0 Å². The molecule has 0 spiro atoms. The van der Waals surface area contributed by atoms with Crippen LogP contribution in [-0.2, 0) is 0 Å². The van der Waals surface area contributed by atoms with E-state index in [0.717, 1.165) is 4.90 Å². The van der Waals surface area contributed by atoms with Crippen LogP contribution in [0.3, 0.4) is 0 Å². The third-order valence-corrected chi connectivity index (χ3v) is 5.72. The molecule has 12 heteroatoms. The molecular formula is C18H12Cl3F4N3OS. The Morgan fingerprint density at radius 3 is 2.07 bits per heavy atom. The Bertz CT molecular complexity index is 1000. The first kappa shape index (κ1) is 22.9. The molecule has 0 unspecified atom stereocenters. The number of piperazine rings is 1. The van der Waals surface area contributed by atoms with Gasteiger partial charge >= 0.3 is 0 Å². The van der Waals surface area contributed by atoms with E-state index < -0.39 is 39.9 Å². The van der Waals surface area contributed by atoms with Crippen molar-refractivity contribution in [3.8, 4) is 0 Å². The van der Waals surface area contributed by atoms with Crippen LogP contribution in [0.5, 0.6) is 0 Å². The Balaban J connectivity index is 1.68. The summed E-state index contributed by atoms with van der Waals surface area (Å²) in [4.78, 5) is 15.1. The molecule has 160 valence electrons. The van der Waals surface area contributed by atoms with Crippen molar-refractivity contribution in [3.05, 3.63) is 62.1 Å². The van der Waals surface area contributed by atoms with Gasteiger partial charge in [0.25, 0.3) is 5.91 Å². The molecule has 0 radical (unpaired) electrons. The first-order valence-electron chi connectivity index (χ1n) is 8.43. The van der Waals surface area contributed by atoms with Crippen LogP contribution in [0.15, 0.2) is 18.2 Å². The average molecular weight is 501 g/mol. The number of hydrogen-bond donors (Lipinski definition) is 1. The molecule has 1 aliphatic heterocycles. The van der Waals surface area contributed by atoms with Crippen molar-refractivity contribution in [2.45, 2.75) is 0 Å². The van der Waals surface area contributed by atoms with Crippen LogP contribution in [0, 0.1) is 23.3 Å². The van der Waals surface area contributed by atoms with Gasteiger partial charge in [0.05, 0.1) is 10.6 Å². The molecular weight excluding hydrogens is 489 g/mol. The standard InChI is InChI=1S/C18H12Cl3F4N3OS/c19-8-1-2-10(20)9(7-8)17(29)26-18(30)28-5-3-27(4-6-28)16-14(24)12(22)11(21)13(23)15(16)25/h1-2,7H,3-6H2,(H,26,29,30). The topological polar surface area (TPSA) is 35.6 Å². The molecule has 4 nitrogen and oxygen atoms in total. The van der Waals surface area contributed by atoms with Gasteiger partial charge in [-0.3, -0.25) is 10.1 Å². The third-order valence-electron chi connectivity index (χ3n) is 4.46. The number of amides is 1. The van der Waals surface area contributed by atoms with Crippen LogP contribution >= 0.6 is 47.0 Å². The maximum absolute atomic E-state index is 14.1. The van der Waals surface area contributed by atoms with E-state index in [9.17, 15) is 22.4 Å². The third kappa shape index (κ3) is 4.44. The van der Waals surface area contributed by atoms with Gasteiger partial charge in [-0.2, -0.15) is 0 Å². The van der Waals surface area contributed by atoms with Crippen molar-refractivity contribution >= 4 is 63.7 Å². The molecule has 0 aromatic heterocycles. The van der Waals surface area contributed by atoms with E-state index in [1.165, 1.54) is 18.2 Å². The van der Waals surface area contributed by atoms with Crippen molar-refractivity contribution in [2.24, 2.45) is 0 Å². The van der Waals surface area contributed by atoms with Crippen LogP contribution in [-0.4, -0.2) is 42.1 Å². The number of carbonyl (C=O) groups excluding carboxylic acids is 1. The zero-order chi connectivity index (χ0) is 22.2. The van der Waals surface area contributed by atoms with E-state index in [-0.39, 0.29) is 41.9 Å². The van der Waals surface area contributed by atoms with Gasteiger partial charge in [-0.05, 0) is 30.4 Å². The molecule has 2 aromatic carbocycles. The smallest absolute Gasteiger partial charge is 0.258 e. The highest BCUT2D eigenvalue weighted by Gasteiger charge is 2.30.